The summed E-state index contributed by atoms with van der Waals surface area (Å²) in [5.74, 6) is -1.00. The fourth-order valence-electron chi connectivity index (χ4n) is 6.44. The predicted molar refractivity (Wildman–Crippen MR) is 158 cm³/mol. The van der Waals surface area contributed by atoms with Crippen molar-refractivity contribution in [3.05, 3.63) is 70.0 Å². The standard InChI is InChI=1S/C32H39ClFN3O4/c1-19(2)5-10-27(22-6-8-23(9-7-22)30(40)35-12-11-28(38)39)37-31(41)29(24-14-25(33)16-26(34)15-24)36-32(37)17-20(3)13-21(4)18-32/h6-9,14-16,19-21,27H,5,10-13,17-18H2,1-4H3,(H,35,40)(H,38,39). The molecule has 9 heteroatoms. The monoisotopic (exact) mass is 583 g/mol. The number of nitrogens with one attached hydrogen (secondary N) is 1. The Morgan fingerprint density at radius 1 is 1.12 bits per heavy atom. The van der Waals surface area contributed by atoms with Crippen LogP contribution < -0.4 is 5.32 Å². The van der Waals surface area contributed by atoms with E-state index in [9.17, 15) is 18.8 Å². The zero-order valence-corrected chi connectivity index (χ0v) is 24.9. The van der Waals surface area contributed by atoms with Crippen LogP contribution in [0, 0.1) is 23.6 Å². The van der Waals surface area contributed by atoms with Gasteiger partial charge < -0.3 is 15.3 Å². The summed E-state index contributed by atoms with van der Waals surface area (Å²) < 4.78 is 14.4. The number of nitrogens with zero attached hydrogens (tertiary/aromatic N) is 2. The summed E-state index contributed by atoms with van der Waals surface area (Å²) in [5, 5.41) is 11.7. The van der Waals surface area contributed by atoms with Crippen molar-refractivity contribution in [3.8, 4) is 0 Å². The van der Waals surface area contributed by atoms with Gasteiger partial charge in [-0.2, -0.15) is 0 Å². The Hall–Kier alpha value is -3.26. The van der Waals surface area contributed by atoms with Gasteiger partial charge in [0, 0.05) is 22.7 Å². The Labute approximate surface area is 246 Å². The highest BCUT2D eigenvalue weighted by Gasteiger charge is 2.53. The lowest BCUT2D eigenvalue weighted by Gasteiger charge is -2.47. The molecule has 0 radical (unpaired) electrons. The van der Waals surface area contributed by atoms with Gasteiger partial charge in [0.2, 0.25) is 0 Å². The second-order valence-corrected chi connectivity index (χ2v) is 12.6. The van der Waals surface area contributed by atoms with Gasteiger partial charge in [0.15, 0.2) is 0 Å². The smallest absolute Gasteiger partial charge is 0.305 e. The molecule has 2 aliphatic rings. The largest absolute Gasteiger partial charge is 0.481 e. The van der Waals surface area contributed by atoms with Gasteiger partial charge in [0.1, 0.15) is 17.2 Å². The molecule has 0 bridgehead atoms. The molecule has 0 saturated heterocycles. The molecule has 1 aliphatic heterocycles. The second kappa shape index (κ2) is 12.7. The highest BCUT2D eigenvalue weighted by molar-refractivity contribution is 6.47. The van der Waals surface area contributed by atoms with E-state index < -0.39 is 17.4 Å². The van der Waals surface area contributed by atoms with E-state index in [0.29, 0.717) is 48.1 Å². The minimum absolute atomic E-state index is 0.0400. The van der Waals surface area contributed by atoms with Crippen LogP contribution in [0.4, 0.5) is 4.39 Å². The summed E-state index contributed by atoms with van der Waals surface area (Å²) in [6.45, 7) is 8.70. The van der Waals surface area contributed by atoms with Crippen LogP contribution in [-0.4, -0.2) is 45.7 Å². The van der Waals surface area contributed by atoms with E-state index in [-0.39, 0.29) is 41.6 Å². The van der Waals surface area contributed by atoms with Crippen molar-refractivity contribution in [1.82, 2.24) is 10.2 Å². The summed E-state index contributed by atoms with van der Waals surface area (Å²) in [6, 6.07) is 11.0. The average molecular weight is 584 g/mol. The average Bonchev–Trinajstić information content (AvgIpc) is 3.13. The summed E-state index contributed by atoms with van der Waals surface area (Å²) in [6.07, 6.45) is 3.87. The van der Waals surface area contributed by atoms with Crippen molar-refractivity contribution in [2.75, 3.05) is 6.54 Å². The maximum Gasteiger partial charge on any atom is 0.305 e. The zero-order valence-electron chi connectivity index (χ0n) is 24.1. The van der Waals surface area contributed by atoms with Crippen LogP contribution in [-0.2, 0) is 9.59 Å². The summed E-state index contributed by atoms with van der Waals surface area (Å²) in [7, 11) is 0. The van der Waals surface area contributed by atoms with Gasteiger partial charge >= 0.3 is 5.97 Å². The third-order valence-electron chi connectivity index (χ3n) is 7.99. The van der Waals surface area contributed by atoms with Crippen LogP contribution in [0.2, 0.25) is 5.02 Å². The normalized spacial score (nSPS) is 23.1. The minimum atomic E-state index is -0.980. The van der Waals surface area contributed by atoms with E-state index in [1.165, 1.54) is 12.1 Å². The Morgan fingerprint density at radius 3 is 2.37 bits per heavy atom. The fraction of sp³-hybridized carbons (Fsp3) is 0.500. The van der Waals surface area contributed by atoms with Gasteiger partial charge in [-0.1, -0.05) is 51.4 Å². The molecule has 1 heterocycles. The van der Waals surface area contributed by atoms with Gasteiger partial charge in [0.05, 0.1) is 12.5 Å². The van der Waals surface area contributed by atoms with E-state index in [1.807, 2.05) is 17.0 Å². The number of hydrogen-bond donors (Lipinski definition) is 2. The first-order valence-corrected chi connectivity index (χ1v) is 14.8. The Morgan fingerprint density at radius 2 is 1.78 bits per heavy atom. The zero-order chi connectivity index (χ0) is 29.9. The van der Waals surface area contributed by atoms with Crippen LogP contribution in [0.3, 0.4) is 0 Å². The number of carboxylic acids is 1. The first-order valence-electron chi connectivity index (χ1n) is 14.4. The number of aliphatic imine (C=N–C) groups is 1. The third-order valence-corrected chi connectivity index (χ3v) is 8.21. The summed E-state index contributed by atoms with van der Waals surface area (Å²) >= 11 is 6.19. The molecule has 3 unspecified atom stereocenters. The quantitative estimate of drug-likeness (QED) is 0.327. The van der Waals surface area contributed by atoms with Gasteiger partial charge in [-0.3, -0.25) is 19.4 Å². The van der Waals surface area contributed by atoms with Crippen molar-refractivity contribution in [1.29, 1.82) is 0 Å². The molecule has 1 aliphatic carbocycles. The number of aliphatic carboxylic acids is 1. The first-order chi connectivity index (χ1) is 19.4. The fourth-order valence-corrected chi connectivity index (χ4v) is 6.66. The van der Waals surface area contributed by atoms with Crippen molar-refractivity contribution >= 4 is 35.1 Å². The number of hydrogen-bond acceptors (Lipinski definition) is 4. The van der Waals surface area contributed by atoms with E-state index in [0.717, 1.165) is 18.4 Å². The van der Waals surface area contributed by atoms with Gasteiger partial charge in [0.25, 0.3) is 11.8 Å². The molecule has 2 aromatic carbocycles. The lowest BCUT2D eigenvalue weighted by Crippen LogP contribution is -2.52. The van der Waals surface area contributed by atoms with Crippen LogP contribution in [0.1, 0.15) is 93.7 Å². The maximum atomic E-state index is 14.4. The number of carbonyl (C=O) groups excluding carboxylic acids is 2. The second-order valence-electron chi connectivity index (χ2n) is 12.1. The topological polar surface area (TPSA) is 99.1 Å². The van der Waals surface area contributed by atoms with Crippen LogP contribution in [0.5, 0.6) is 0 Å². The number of carbonyl (C=O) groups is 3. The van der Waals surface area contributed by atoms with E-state index >= 15 is 0 Å². The molecule has 4 rings (SSSR count). The molecule has 7 nitrogen and oxygen atoms in total. The van der Waals surface area contributed by atoms with Crippen LogP contribution in [0.15, 0.2) is 47.5 Å². The highest BCUT2D eigenvalue weighted by Crippen LogP contribution is 2.49. The van der Waals surface area contributed by atoms with E-state index in [2.05, 4.69) is 33.0 Å². The molecule has 0 aromatic heterocycles. The Bertz CT molecular complexity index is 1300. The lowest BCUT2D eigenvalue weighted by molar-refractivity contribution is -0.137. The summed E-state index contributed by atoms with van der Waals surface area (Å²) in [5.41, 5.74) is 1.15. The van der Waals surface area contributed by atoms with Gasteiger partial charge in [-0.25, -0.2) is 4.39 Å². The molecule has 220 valence electrons. The van der Waals surface area contributed by atoms with Crippen molar-refractivity contribution in [2.24, 2.45) is 22.7 Å². The van der Waals surface area contributed by atoms with Crippen molar-refractivity contribution in [3.63, 3.8) is 0 Å². The molecule has 2 N–H and O–H groups in total. The molecule has 3 atom stereocenters. The molecule has 1 spiro atoms. The number of benzene rings is 2. The Balaban J connectivity index is 1.74. The molecular weight excluding hydrogens is 545 g/mol. The number of amides is 2. The van der Waals surface area contributed by atoms with E-state index in [4.69, 9.17) is 21.7 Å². The first kappa shape index (κ1) is 30.7. The number of halogens is 2. The maximum absolute atomic E-state index is 14.4. The molecule has 41 heavy (non-hydrogen) atoms. The van der Waals surface area contributed by atoms with Gasteiger partial charge in [-0.15, -0.1) is 0 Å². The van der Waals surface area contributed by atoms with E-state index in [1.54, 1.807) is 18.2 Å². The Kier molecular flexibility index (Phi) is 9.52. The lowest BCUT2D eigenvalue weighted by atomic mass is 9.75. The molecule has 1 saturated carbocycles. The molecule has 1 fully saturated rings. The highest BCUT2D eigenvalue weighted by atomic mass is 35.5. The van der Waals surface area contributed by atoms with Crippen molar-refractivity contribution in [2.45, 2.75) is 77.9 Å². The van der Waals surface area contributed by atoms with Gasteiger partial charge in [-0.05, 0) is 85.8 Å². The SMILES string of the molecule is CC(C)CCC(c1ccc(C(=O)NCCC(=O)O)cc1)N1C(=O)C(c2cc(F)cc(Cl)c2)=NC12CC(C)CC(C)C2. The van der Waals surface area contributed by atoms with Crippen molar-refractivity contribution < 1.29 is 23.9 Å². The minimum Gasteiger partial charge on any atom is -0.481 e. The van der Waals surface area contributed by atoms with Crippen LogP contribution >= 0.6 is 11.6 Å². The number of carboxylic acid groups (broad SMARTS) is 1. The summed E-state index contributed by atoms with van der Waals surface area (Å²) in [4.78, 5) is 44.8. The molecule has 2 amide bonds. The molecular formula is C32H39ClFN3O4. The predicted octanol–water partition coefficient (Wildman–Crippen LogP) is 6.64. The third kappa shape index (κ3) is 7.15. The molecule has 2 aromatic rings. The number of rotatable bonds is 10. The van der Waals surface area contributed by atoms with Crippen LogP contribution in [0.25, 0.3) is 0 Å².